The van der Waals surface area contributed by atoms with E-state index in [9.17, 15) is 10.1 Å². The number of aryl methyl sites for hydroxylation is 2. The van der Waals surface area contributed by atoms with Crippen LogP contribution in [-0.2, 0) is 0 Å². The number of nitrogens with zero attached hydrogens (tertiary/aromatic N) is 3. The monoisotopic (exact) mass is 383 g/mol. The third kappa shape index (κ3) is 3.36. The number of hydrogen-bond donors (Lipinski definition) is 0. The number of hydrogen-bond acceptors (Lipinski definition) is 6. The second-order valence-electron chi connectivity index (χ2n) is 6.22. The standard InChI is InChI=1S/C20H21N3O5/c1-12-6-7-15(23(24)25)11-16(12)22-17(8-13(2)21-22)14-9-18(26-3)20(28-5)19(10-14)27-4/h6-11H,1-5H3. The fourth-order valence-electron chi connectivity index (χ4n) is 3.06. The van der Waals surface area contributed by atoms with E-state index in [1.807, 2.05) is 32.0 Å². The predicted octanol–water partition coefficient (Wildman–Crippen LogP) is 4.09. The molecule has 3 aromatic rings. The molecular weight excluding hydrogens is 362 g/mol. The lowest BCUT2D eigenvalue weighted by Gasteiger charge is -2.15. The topological polar surface area (TPSA) is 88.7 Å². The van der Waals surface area contributed by atoms with Gasteiger partial charge in [0.1, 0.15) is 0 Å². The molecule has 0 amide bonds. The van der Waals surface area contributed by atoms with Gasteiger partial charge >= 0.3 is 0 Å². The predicted molar refractivity (Wildman–Crippen MR) is 105 cm³/mol. The molecule has 0 atom stereocenters. The molecule has 1 aromatic heterocycles. The molecule has 0 bridgehead atoms. The molecule has 3 rings (SSSR count). The summed E-state index contributed by atoms with van der Waals surface area (Å²) in [6.07, 6.45) is 0. The molecule has 8 nitrogen and oxygen atoms in total. The lowest BCUT2D eigenvalue weighted by Crippen LogP contribution is -2.03. The molecule has 0 saturated carbocycles. The van der Waals surface area contributed by atoms with Crippen molar-refractivity contribution in [1.29, 1.82) is 0 Å². The van der Waals surface area contributed by atoms with Crippen molar-refractivity contribution in [3.63, 3.8) is 0 Å². The van der Waals surface area contributed by atoms with Gasteiger partial charge in [0.15, 0.2) is 11.5 Å². The van der Waals surface area contributed by atoms with Crippen LogP contribution in [0.4, 0.5) is 5.69 Å². The highest BCUT2D eigenvalue weighted by molar-refractivity contribution is 5.71. The normalized spacial score (nSPS) is 10.6. The van der Waals surface area contributed by atoms with E-state index in [4.69, 9.17) is 14.2 Å². The van der Waals surface area contributed by atoms with E-state index < -0.39 is 4.92 Å². The summed E-state index contributed by atoms with van der Waals surface area (Å²) in [5.41, 5.74) is 3.80. The van der Waals surface area contributed by atoms with Gasteiger partial charge in [-0.05, 0) is 37.6 Å². The first-order valence-corrected chi connectivity index (χ1v) is 8.52. The van der Waals surface area contributed by atoms with Crippen molar-refractivity contribution in [2.45, 2.75) is 13.8 Å². The maximum absolute atomic E-state index is 11.2. The first kappa shape index (κ1) is 19.2. The average Bonchev–Trinajstić information content (AvgIpc) is 3.08. The van der Waals surface area contributed by atoms with Crippen LogP contribution < -0.4 is 14.2 Å². The smallest absolute Gasteiger partial charge is 0.271 e. The van der Waals surface area contributed by atoms with Gasteiger partial charge in [0, 0.05) is 17.7 Å². The summed E-state index contributed by atoms with van der Waals surface area (Å²) in [7, 11) is 4.64. The van der Waals surface area contributed by atoms with Gasteiger partial charge in [-0.15, -0.1) is 0 Å². The van der Waals surface area contributed by atoms with Crippen LogP contribution in [0.5, 0.6) is 17.2 Å². The zero-order chi connectivity index (χ0) is 20.4. The molecule has 146 valence electrons. The van der Waals surface area contributed by atoms with Crippen LogP contribution in [0, 0.1) is 24.0 Å². The van der Waals surface area contributed by atoms with Gasteiger partial charge in [0.25, 0.3) is 5.69 Å². The van der Waals surface area contributed by atoms with Crippen LogP contribution in [0.1, 0.15) is 11.3 Å². The van der Waals surface area contributed by atoms with Crippen molar-refractivity contribution >= 4 is 5.69 Å². The molecule has 0 radical (unpaired) electrons. The van der Waals surface area contributed by atoms with E-state index in [0.717, 1.165) is 22.5 Å². The Bertz CT molecular complexity index is 1020. The fourth-order valence-corrected chi connectivity index (χ4v) is 3.06. The van der Waals surface area contributed by atoms with Gasteiger partial charge in [-0.2, -0.15) is 5.10 Å². The summed E-state index contributed by atoms with van der Waals surface area (Å²) in [4.78, 5) is 10.8. The maximum atomic E-state index is 11.2. The molecule has 0 fully saturated rings. The van der Waals surface area contributed by atoms with E-state index >= 15 is 0 Å². The lowest BCUT2D eigenvalue weighted by molar-refractivity contribution is -0.384. The molecule has 0 saturated heterocycles. The molecule has 0 N–H and O–H groups in total. The third-order valence-corrected chi connectivity index (χ3v) is 4.42. The van der Waals surface area contributed by atoms with Gasteiger partial charge in [-0.25, -0.2) is 4.68 Å². The summed E-state index contributed by atoms with van der Waals surface area (Å²) >= 11 is 0. The molecule has 8 heteroatoms. The van der Waals surface area contributed by atoms with Gasteiger partial charge in [0.2, 0.25) is 5.75 Å². The van der Waals surface area contributed by atoms with E-state index in [1.54, 1.807) is 32.1 Å². The molecule has 28 heavy (non-hydrogen) atoms. The number of methoxy groups -OCH3 is 3. The Morgan fingerprint density at radius 3 is 2.14 bits per heavy atom. The van der Waals surface area contributed by atoms with Crippen molar-refractivity contribution in [3.05, 3.63) is 57.8 Å². The van der Waals surface area contributed by atoms with Crippen LogP contribution >= 0.6 is 0 Å². The zero-order valence-corrected chi connectivity index (χ0v) is 16.3. The number of nitro groups is 1. The van der Waals surface area contributed by atoms with Gasteiger partial charge in [0.05, 0.1) is 43.3 Å². The van der Waals surface area contributed by atoms with Gasteiger partial charge in [-0.1, -0.05) is 6.07 Å². The lowest BCUT2D eigenvalue weighted by atomic mass is 10.1. The Balaban J connectivity index is 2.25. The zero-order valence-electron chi connectivity index (χ0n) is 16.3. The van der Waals surface area contributed by atoms with Crippen LogP contribution in [0.25, 0.3) is 16.9 Å². The van der Waals surface area contributed by atoms with Crippen molar-refractivity contribution in [2.75, 3.05) is 21.3 Å². The van der Waals surface area contributed by atoms with Crippen molar-refractivity contribution in [1.82, 2.24) is 9.78 Å². The number of rotatable bonds is 6. The first-order valence-electron chi connectivity index (χ1n) is 8.52. The second-order valence-corrected chi connectivity index (χ2v) is 6.22. The van der Waals surface area contributed by atoms with Crippen LogP contribution in [-0.4, -0.2) is 36.0 Å². The largest absolute Gasteiger partial charge is 0.493 e. The summed E-state index contributed by atoms with van der Waals surface area (Å²) in [6.45, 7) is 3.75. The summed E-state index contributed by atoms with van der Waals surface area (Å²) < 4.78 is 18.0. The number of non-ortho nitro benzene ring substituents is 1. The van der Waals surface area contributed by atoms with Crippen LogP contribution in [0.2, 0.25) is 0 Å². The third-order valence-electron chi connectivity index (χ3n) is 4.42. The molecule has 0 aliphatic carbocycles. The average molecular weight is 383 g/mol. The highest BCUT2D eigenvalue weighted by Crippen LogP contribution is 2.41. The van der Waals surface area contributed by atoms with E-state index in [2.05, 4.69) is 5.10 Å². The number of ether oxygens (including phenoxy) is 3. The number of nitro benzene ring substituents is 1. The number of aromatic nitrogens is 2. The SMILES string of the molecule is COc1cc(-c2cc(C)nn2-c2cc([N+](=O)[O-])ccc2C)cc(OC)c1OC. The quantitative estimate of drug-likeness (QED) is 0.470. The van der Waals surface area contributed by atoms with E-state index in [1.165, 1.54) is 12.1 Å². The Labute approximate surface area is 162 Å². The second kappa shape index (κ2) is 7.59. The molecular formula is C20H21N3O5. The molecule has 0 unspecified atom stereocenters. The Morgan fingerprint density at radius 2 is 1.61 bits per heavy atom. The fraction of sp³-hybridized carbons (Fsp3) is 0.250. The van der Waals surface area contributed by atoms with Gasteiger partial charge in [-0.3, -0.25) is 10.1 Å². The maximum Gasteiger partial charge on any atom is 0.271 e. The first-order chi connectivity index (χ1) is 13.4. The Morgan fingerprint density at radius 1 is 0.964 bits per heavy atom. The van der Waals surface area contributed by atoms with Crippen LogP contribution in [0.3, 0.4) is 0 Å². The highest BCUT2D eigenvalue weighted by Gasteiger charge is 2.19. The van der Waals surface area contributed by atoms with Gasteiger partial charge < -0.3 is 14.2 Å². The minimum atomic E-state index is -0.418. The number of benzene rings is 2. The van der Waals surface area contributed by atoms with Crippen molar-refractivity contribution < 1.29 is 19.1 Å². The summed E-state index contributed by atoms with van der Waals surface area (Å²) in [6, 6.07) is 10.3. The van der Waals surface area contributed by atoms with E-state index in [-0.39, 0.29) is 5.69 Å². The Hall–Kier alpha value is -3.55. The molecule has 0 aliphatic heterocycles. The summed E-state index contributed by atoms with van der Waals surface area (Å²) in [5.74, 6) is 1.51. The minimum absolute atomic E-state index is 0.00425. The van der Waals surface area contributed by atoms with Crippen molar-refractivity contribution in [3.8, 4) is 34.2 Å². The minimum Gasteiger partial charge on any atom is -0.493 e. The Kier molecular flexibility index (Phi) is 5.21. The van der Waals surface area contributed by atoms with E-state index in [0.29, 0.717) is 22.9 Å². The summed E-state index contributed by atoms with van der Waals surface area (Å²) in [5, 5.41) is 15.8. The highest BCUT2D eigenvalue weighted by atomic mass is 16.6. The van der Waals surface area contributed by atoms with Crippen molar-refractivity contribution in [2.24, 2.45) is 0 Å². The molecule has 2 aromatic carbocycles. The molecule has 1 heterocycles. The molecule has 0 spiro atoms. The molecule has 0 aliphatic rings. The van der Waals surface area contributed by atoms with Crippen LogP contribution in [0.15, 0.2) is 36.4 Å².